The molecule has 0 amide bonds. The Morgan fingerprint density at radius 1 is 1.29 bits per heavy atom. The number of benzene rings is 1. The number of hydrogen-bond acceptors (Lipinski definition) is 4. The first-order chi connectivity index (χ1) is 9.89. The second-order valence-electron chi connectivity index (χ2n) is 6.16. The molecule has 0 saturated carbocycles. The summed E-state index contributed by atoms with van der Waals surface area (Å²) >= 11 is 0. The van der Waals surface area contributed by atoms with Gasteiger partial charge >= 0.3 is 0 Å². The summed E-state index contributed by atoms with van der Waals surface area (Å²) in [6.07, 6.45) is 1.80. The molecule has 0 fully saturated rings. The summed E-state index contributed by atoms with van der Waals surface area (Å²) in [7, 11) is 0. The summed E-state index contributed by atoms with van der Waals surface area (Å²) in [6, 6.07) is 10.0. The zero-order chi connectivity index (χ0) is 15.2. The lowest BCUT2D eigenvalue weighted by atomic mass is 10.0. The number of anilines is 1. The number of para-hydroxylation sites is 1. The molecule has 21 heavy (non-hydrogen) atoms. The van der Waals surface area contributed by atoms with E-state index in [1.807, 2.05) is 18.2 Å². The molecule has 2 heterocycles. The third-order valence-electron chi connectivity index (χ3n) is 4.09. The summed E-state index contributed by atoms with van der Waals surface area (Å²) in [5, 5.41) is 10.4. The molecule has 0 spiro atoms. The van der Waals surface area contributed by atoms with Crippen LogP contribution in [0.2, 0.25) is 0 Å². The number of fused-ring (bicyclic) bond motifs is 1. The second-order valence-corrected chi connectivity index (χ2v) is 6.16. The van der Waals surface area contributed by atoms with Gasteiger partial charge in [0.2, 0.25) is 0 Å². The molecule has 0 aliphatic carbocycles. The van der Waals surface area contributed by atoms with Gasteiger partial charge in [0, 0.05) is 12.2 Å². The van der Waals surface area contributed by atoms with Crippen LogP contribution in [0.1, 0.15) is 44.5 Å². The van der Waals surface area contributed by atoms with Gasteiger partial charge in [-0.3, -0.25) is 0 Å². The molecule has 1 aromatic heterocycles. The van der Waals surface area contributed by atoms with E-state index < -0.39 is 5.60 Å². The Morgan fingerprint density at radius 2 is 1.95 bits per heavy atom. The molecule has 0 radical (unpaired) electrons. The molecule has 0 unspecified atom stereocenters. The maximum Gasteiger partial charge on any atom is 0.129 e. The summed E-state index contributed by atoms with van der Waals surface area (Å²) in [5.74, 6) is 0.840. The van der Waals surface area contributed by atoms with Gasteiger partial charge in [0.15, 0.2) is 0 Å². The normalized spacial score (nSPS) is 22.2. The molecule has 5 heteroatoms. The quantitative estimate of drug-likeness (QED) is 0.887. The third kappa shape index (κ3) is 2.32. The molecule has 2 atom stereocenters. The number of imidazole rings is 1. The highest BCUT2D eigenvalue weighted by Gasteiger charge is 2.35. The van der Waals surface area contributed by atoms with Crippen molar-refractivity contribution >= 4 is 5.69 Å². The topological polar surface area (TPSA) is 67.3 Å². The minimum atomic E-state index is -0.946. The van der Waals surface area contributed by atoms with Crippen molar-refractivity contribution in [1.82, 2.24) is 9.55 Å². The largest absolute Gasteiger partial charge is 0.384 e. The predicted molar refractivity (Wildman–Crippen MR) is 82.9 cm³/mol. The lowest BCUT2D eigenvalue weighted by Crippen LogP contribution is -2.45. The minimum Gasteiger partial charge on any atom is -0.384 e. The van der Waals surface area contributed by atoms with E-state index in [-0.39, 0.29) is 12.2 Å². The van der Waals surface area contributed by atoms with Gasteiger partial charge in [-0.05, 0) is 32.9 Å². The lowest BCUT2D eigenvalue weighted by Gasteiger charge is -2.41. The van der Waals surface area contributed by atoms with Crippen LogP contribution in [0.4, 0.5) is 5.69 Å². The molecule has 1 aliphatic rings. The fraction of sp³-hybridized carbons (Fsp3) is 0.438. The van der Waals surface area contributed by atoms with Crippen molar-refractivity contribution in [3.8, 4) is 0 Å². The molecular weight excluding hydrogens is 264 g/mol. The molecule has 2 aromatic rings. The maximum atomic E-state index is 10.4. The van der Waals surface area contributed by atoms with Gasteiger partial charge in [0.05, 0.1) is 17.9 Å². The van der Waals surface area contributed by atoms with E-state index in [1.54, 1.807) is 20.0 Å². The van der Waals surface area contributed by atoms with Crippen LogP contribution >= 0.6 is 0 Å². The van der Waals surface area contributed by atoms with Gasteiger partial charge in [0.25, 0.3) is 0 Å². The van der Waals surface area contributed by atoms with Crippen LogP contribution in [0.25, 0.3) is 0 Å². The summed E-state index contributed by atoms with van der Waals surface area (Å²) in [4.78, 5) is 6.68. The Morgan fingerprint density at radius 3 is 2.57 bits per heavy atom. The van der Waals surface area contributed by atoms with Crippen molar-refractivity contribution in [3.05, 3.63) is 48.0 Å². The van der Waals surface area contributed by atoms with Crippen molar-refractivity contribution in [2.75, 3.05) is 11.4 Å². The molecular formula is C16H22N4O. The van der Waals surface area contributed by atoms with E-state index in [1.165, 1.54) is 0 Å². The zero-order valence-electron chi connectivity index (χ0n) is 12.7. The number of rotatable bonds is 2. The third-order valence-corrected chi connectivity index (χ3v) is 4.09. The number of aliphatic hydroxyl groups is 1. The Bertz CT molecular complexity index is 629. The van der Waals surface area contributed by atoms with Crippen LogP contribution < -0.4 is 10.6 Å². The summed E-state index contributed by atoms with van der Waals surface area (Å²) in [6.45, 7) is 6.38. The highest BCUT2D eigenvalue weighted by Crippen LogP contribution is 2.35. The smallest absolute Gasteiger partial charge is 0.129 e. The average molecular weight is 286 g/mol. The molecule has 112 valence electrons. The van der Waals surface area contributed by atoms with Crippen LogP contribution in [0.3, 0.4) is 0 Å². The first-order valence-corrected chi connectivity index (χ1v) is 7.27. The first kappa shape index (κ1) is 14.1. The molecule has 5 nitrogen and oxygen atoms in total. The molecule has 1 aliphatic heterocycles. The van der Waals surface area contributed by atoms with E-state index >= 15 is 0 Å². The van der Waals surface area contributed by atoms with Gasteiger partial charge in [-0.15, -0.1) is 0 Å². The second kappa shape index (κ2) is 4.86. The number of nitrogens with two attached hydrogens (primary N) is 1. The highest BCUT2D eigenvalue weighted by molar-refractivity contribution is 5.48. The lowest BCUT2D eigenvalue weighted by molar-refractivity contribution is 0.0670. The van der Waals surface area contributed by atoms with Crippen LogP contribution in [0, 0.1) is 0 Å². The average Bonchev–Trinajstić information content (AvgIpc) is 2.89. The minimum absolute atomic E-state index is 0.0612. The highest BCUT2D eigenvalue weighted by atomic mass is 16.3. The van der Waals surface area contributed by atoms with Gasteiger partial charge in [-0.2, -0.15) is 0 Å². The van der Waals surface area contributed by atoms with Crippen molar-refractivity contribution in [1.29, 1.82) is 0 Å². The van der Waals surface area contributed by atoms with Gasteiger partial charge in [0.1, 0.15) is 17.6 Å². The monoisotopic (exact) mass is 286 g/mol. The van der Waals surface area contributed by atoms with Crippen molar-refractivity contribution in [3.63, 3.8) is 0 Å². The molecule has 3 rings (SSSR count). The zero-order valence-corrected chi connectivity index (χ0v) is 12.7. The van der Waals surface area contributed by atoms with E-state index in [9.17, 15) is 5.11 Å². The van der Waals surface area contributed by atoms with Crippen molar-refractivity contribution in [2.45, 2.75) is 38.6 Å². The van der Waals surface area contributed by atoms with Crippen molar-refractivity contribution in [2.24, 2.45) is 5.73 Å². The van der Waals surface area contributed by atoms with Gasteiger partial charge < -0.3 is 20.3 Å². The van der Waals surface area contributed by atoms with E-state index in [4.69, 9.17) is 5.73 Å². The summed E-state index contributed by atoms with van der Waals surface area (Å²) < 4.78 is 2.06. The molecule has 3 N–H and O–H groups in total. The van der Waals surface area contributed by atoms with Crippen LogP contribution in [-0.4, -0.2) is 21.2 Å². The molecule has 0 bridgehead atoms. The first-order valence-electron chi connectivity index (χ1n) is 7.27. The van der Waals surface area contributed by atoms with E-state index in [0.29, 0.717) is 6.54 Å². The van der Waals surface area contributed by atoms with E-state index in [0.717, 1.165) is 17.2 Å². The Labute approximate surface area is 125 Å². The van der Waals surface area contributed by atoms with E-state index in [2.05, 4.69) is 33.5 Å². The Balaban J connectivity index is 2.08. The number of aromatic nitrogens is 2. The fourth-order valence-corrected chi connectivity index (χ4v) is 3.02. The van der Waals surface area contributed by atoms with Crippen molar-refractivity contribution < 1.29 is 5.11 Å². The molecule has 1 aromatic carbocycles. The van der Waals surface area contributed by atoms with Crippen LogP contribution in [-0.2, 0) is 5.60 Å². The number of nitrogens with zero attached hydrogens (tertiary/aromatic N) is 3. The van der Waals surface area contributed by atoms with Gasteiger partial charge in [-0.1, -0.05) is 18.2 Å². The SMILES string of the molecule is C[C@@H]1N(c2ccccc2)C[C@H](N)c2ncc(C(C)(C)O)n21. The Kier molecular flexibility index (Phi) is 3.26. The number of hydrogen-bond donors (Lipinski definition) is 2. The molecule has 0 saturated heterocycles. The maximum absolute atomic E-state index is 10.4. The standard InChI is InChI=1S/C16H22N4O/c1-11-19(12-7-5-4-6-8-12)10-13(17)15-18-9-14(20(11)15)16(2,3)21/h4-9,11,13,21H,10,17H2,1-3H3/t11-,13+/m1/s1. The predicted octanol–water partition coefficient (Wildman–Crippen LogP) is 2.15. The fourth-order valence-electron chi connectivity index (χ4n) is 3.02. The Hall–Kier alpha value is -1.85. The van der Waals surface area contributed by atoms with Crippen LogP contribution in [0.15, 0.2) is 36.5 Å². The summed E-state index contributed by atoms with van der Waals surface area (Å²) in [5.41, 5.74) is 7.26. The van der Waals surface area contributed by atoms with Crippen LogP contribution in [0.5, 0.6) is 0 Å². The van der Waals surface area contributed by atoms with Gasteiger partial charge in [-0.25, -0.2) is 4.98 Å².